The molecule has 1 N–H and O–H groups in total. The van der Waals surface area contributed by atoms with E-state index in [1.54, 1.807) is 17.7 Å². The van der Waals surface area contributed by atoms with Crippen LogP contribution in [0.25, 0.3) is 0 Å². The van der Waals surface area contributed by atoms with Crippen molar-refractivity contribution in [2.75, 3.05) is 5.75 Å². The third kappa shape index (κ3) is 3.57. The molecule has 2 rings (SSSR count). The van der Waals surface area contributed by atoms with Gasteiger partial charge in [0, 0.05) is 16.8 Å². The maximum Gasteiger partial charge on any atom is 0.313 e. The lowest BCUT2D eigenvalue weighted by Gasteiger charge is -2.24. The molecule has 5 nitrogen and oxygen atoms in total. The second-order valence-corrected chi connectivity index (χ2v) is 6.68. The summed E-state index contributed by atoms with van der Waals surface area (Å²) < 4.78 is 1.91. The normalized spacial score (nSPS) is 11.7. The number of aliphatic carboxylic acids is 1. The van der Waals surface area contributed by atoms with Crippen molar-refractivity contribution < 1.29 is 9.90 Å². The Morgan fingerprint density at radius 2 is 2.37 bits per heavy atom. The fraction of sp³-hybridized carbons (Fsp3) is 0.417. The molecule has 19 heavy (non-hydrogen) atoms. The smallest absolute Gasteiger partial charge is 0.313 e. The van der Waals surface area contributed by atoms with E-state index < -0.39 is 5.97 Å². The van der Waals surface area contributed by atoms with Crippen LogP contribution in [0.15, 0.2) is 29.0 Å². The van der Waals surface area contributed by atoms with Crippen molar-refractivity contribution in [3.8, 4) is 0 Å². The molecule has 0 radical (unpaired) electrons. The van der Waals surface area contributed by atoms with Gasteiger partial charge >= 0.3 is 5.97 Å². The van der Waals surface area contributed by atoms with Crippen molar-refractivity contribution in [3.63, 3.8) is 0 Å². The van der Waals surface area contributed by atoms with Gasteiger partial charge in [0.2, 0.25) is 0 Å². The monoisotopic (exact) mass is 297 g/mol. The van der Waals surface area contributed by atoms with Crippen LogP contribution in [0.2, 0.25) is 0 Å². The van der Waals surface area contributed by atoms with Gasteiger partial charge < -0.3 is 9.67 Å². The van der Waals surface area contributed by atoms with Gasteiger partial charge in [0.25, 0.3) is 0 Å². The quantitative estimate of drug-likeness (QED) is 0.830. The molecule has 0 atom stereocenters. The summed E-state index contributed by atoms with van der Waals surface area (Å²) in [6, 6.07) is 4.15. The molecule has 2 aromatic heterocycles. The van der Waals surface area contributed by atoms with E-state index in [1.165, 1.54) is 16.6 Å². The highest BCUT2D eigenvalue weighted by molar-refractivity contribution is 7.99. The molecule has 0 aliphatic heterocycles. The van der Waals surface area contributed by atoms with Crippen molar-refractivity contribution >= 4 is 29.1 Å². The number of rotatable bonds is 6. The van der Waals surface area contributed by atoms with E-state index in [1.807, 2.05) is 10.6 Å². The first kappa shape index (κ1) is 14.1. The van der Waals surface area contributed by atoms with Crippen LogP contribution in [0.5, 0.6) is 0 Å². The maximum absolute atomic E-state index is 10.6. The highest BCUT2D eigenvalue weighted by Crippen LogP contribution is 2.30. The minimum absolute atomic E-state index is 0.00186. The van der Waals surface area contributed by atoms with E-state index in [0.717, 1.165) is 6.54 Å². The van der Waals surface area contributed by atoms with Gasteiger partial charge in [-0.1, -0.05) is 31.7 Å². The summed E-state index contributed by atoms with van der Waals surface area (Å²) in [4.78, 5) is 11.9. The van der Waals surface area contributed by atoms with Crippen LogP contribution < -0.4 is 0 Å². The van der Waals surface area contributed by atoms with Crippen molar-refractivity contribution in [2.24, 2.45) is 0 Å². The molecule has 0 saturated carbocycles. The Morgan fingerprint density at radius 1 is 1.58 bits per heavy atom. The number of thiophene rings is 1. The molecule has 0 unspecified atom stereocenters. The number of carbonyl (C=O) groups is 1. The van der Waals surface area contributed by atoms with Crippen molar-refractivity contribution in [1.82, 2.24) is 14.8 Å². The minimum Gasteiger partial charge on any atom is -0.481 e. The number of thioether (sulfide) groups is 1. The van der Waals surface area contributed by atoms with E-state index in [9.17, 15) is 4.79 Å². The summed E-state index contributed by atoms with van der Waals surface area (Å²) in [5, 5.41) is 19.3. The summed E-state index contributed by atoms with van der Waals surface area (Å²) in [5.74, 6) is -0.852. The lowest BCUT2D eigenvalue weighted by Crippen LogP contribution is -2.23. The second-order valence-electron chi connectivity index (χ2n) is 4.79. The number of hydrogen-bond acceptors (Lipinski definition) is 5. The average Bonchev–Trinajstić information content (AvgIpc) is 2.96. The molecule has 0 aliphatic carbocycles. The molecule has 0 aliphatic rings. The Morgan fingerprint density at radius 3 is 3.00 bits per heavy atom. The van der Waals surface area contributed by atoms with E-state index in [2.05, 4.69) is 35.5 Å². The van der Waals surface area contributed by atoms with Crippen LogP contribution in [-0.2, 0) is 16.8 Å². The number of nitrogens with zero attached hydrogens (tertiary/aromatic N) is 3. The first-order chi connectivity index (χ1) is 8.99. The Bertz CT molecular complexity index is 549. The number of aromatic nitrogens is 3. The van der Waals surface area contributed by atoms with E-state index in [4.69, 9.17) is 5.11 Å². The topological polar surface area (TPSA) is 68.0 Å². The molecule has 2 aromatic rings. The lowest BCUT2D eigenvalue weighted by molar-refractivity contribution is -0.133. The molecular formula is C12H15N3O2S2. The van der Waals surface area contributed by atoms with Crippen LogP contribution in [0, 0.1) is 0 Å². The zero-order chi connectivity index (χ0) is 13.9. The van der Waals surface area contributed by atoms with E-state index >= 15 is 0 Å². The number of hydrogen-bond donors (Lipinski definition) is 1. The molecule has 0 spiro atoms. The first-order valence-electron chi connectivity index (χ1n) is 5.75. The van der Waals surface area contributed by atoms with Gasteiger partial charge in [-0.15, -0.1) is 21.5 Å². The highest BCUT2D eigenvalue weighted by atomic mass is 32.2. The van der Waals surface area contributed by atoms with Crippen molar-refractivity contribution in [2.45, 2.75) is 31.0 Å². The fourth-order valence-electron chi connectivity index (χ4n) is 1.76. The molecule has 0 amide bonds. The Labute approximate surface area is 119 Å². The largest absolute Gasteiger partial charge is 0.481 e. The molecule has 0 bridgehead atoms. The van der Waals surface area contributed by atoms with Gasteiger partial charge in [-0.2, -0.15) is 0 Å². The minimum atomic E-state index is -0.850. The van der Waals surface area contributed by atoms with Crippen LogP contribution in [0.3, 0.4) is 0 Å². The summed E-state index contributed by atoms with van der Waals surface area (Å²) in [5.41, 5.74) is -0.0327. The second kappa shape index (κ2) is 5.75. The Balaban J connectivity index is 2.11. The number of carboxylic acid groups (broad SMARTS) is 1. The van der Waals surface area contributed by atoms with Crippen molar-refractivity contribution in [3.05, 3.63) is 28.7 Å². The predicted molar refractivity (Wildman–Crippen MR) is 75.7 cm³/mol. The summed E-state index contributed by atoms with van der Waals surface area (Å²) in [6.45, 7) is 5.04. The standard InChI is InChI=1S/C12H15N3O2S2/c1-12(2,9-4-3-5-18-9)7-15-8-13-14-11(15)19-6-10(16)17/h3-5,8H,6-7H2,1-2H3,(H,16,17). The summed E-state index contributed by atoms with van der Waals surface area (Å²) in [7, 11) is 0. The summed E-state index contributed by atoms with van der Waals surface area (Å²) in [6.07, 6.45) is 1.65. The molecule has 2 heterocycles. The molecule has 0 fully saturated rings. The Kier molecular flexibility index (Phi) is 4.26. The third-order valence-corrected chi connectivity index (χ3v) is 4.86. The zero-order valence-electron chi connectivity index (χ0n) is 10.7. The van der Waals surface area contributed by atoms with Gasteiger partial charge in [0.15, 0.2) is 5.16 Å². The molecular weight excluding hydrogens is 282 g/mol. The lowest BCUT2D eigenvalue weighted by atomic mass is 9.91. The molecule has 7 heteroatoms. The average molecular weight is 297 g/mol. The summed E-state index contributed by atoms with van der Waals surface area (Å²) >= 11 is 2.91. The zero-order valence-corrected chi connectivity index (χ0v) is 12.4. The van der Waals surface area contributed by atoms with Gasteiger partial charge in [-0.3, -0.25) is 4.79 Å². The van der Waals surface area contributed by atoms with Crippen LogP contribution in [-0.4, -0.2) is 31.6 Å². The van der Waals surface area contributed by atoms with Crippen LogP contribution in [0.4, 0.5) is 0 Å². The van der Waals surface area contributed by atoms with Crippen molar-refractivity contribution in [1.29, 1.82) is 0 Å². The van der Waals surface area contributed by atoms with Gasteiger partial charge in [0.1, 0.15) is 6.33 Å². The molecule has 0 aromatic carbocycles. The first-order valence-corrected chi connectivity index (χ1v) is 7.62. The number of carboxylic acids is 1. The van der Waals surface area contributed by atoms with E-state index in [0.29, 0.717) is 5.16 Å². The van der Waals surface area contributed by atoms with Gasteiger partial charge in [0.05, 0.1) is 5.75 Å². The highest BCUT2D eigenvalue weighted by Gasteiger charge is 2.24. The third-order valence-electron chi connectivity index (χ3n) is 2.66. The predicted octanol–water partition coefficient (Wildman–Crippen LogP) is 2.49. The van der Waals surface area contributed by atoms with Gasteiger partial charge in [-0.05, 0) is 11.4 Å². The van der Waals surface area contributed by atoms with E-state index in [-0.39, 0.29) is 11.2 Å². The van der Waals surface area contributed by atoms with Crippen LogP contribution >= 0.6 is 23.1 Å². The molecule has 102 valence electrons. The fourth-order valence-corrected chi connectivity index (χ4v) is 3.24. The van der Waals surface area contributed by atoms with Gasteiger partial charge in [-0.25, -0.2) is 0 Å². The maximum atomic E-state index is 10.6. The van der Waals surface area contributed by atoms with Crippen LogP contribution in [0.1, 0.15) is 18.7 Å². The SMILES string of the molecule is CC(C)(Cn1cnnc1SCC(=O)O)c1cccs1. The molecule has 0 saturated heterocycles. The Hall–Kier alpha value is -1.34.